The minimum Gasteiger partial charge on any atom is -0.490 e. The van der Waals surface area contributed by atoms with Gasteiger partial charge in [0.1, 0.15) is 18.5 Å². The van der Waals surface area contributed by atoms with Crippen LogP contribution in [0.3, 0.4) is 0 Å². The molecule has 0 amide bonds. The molecule has 182 valence electrons. The number of benzene rings is 2. The number of carbonyl (C=O) groups is 1. The van der Waals surface area contributed by atoms with E-state index in [2.05, 4.69) is 48.1 Å². The molecule has 0 radical (unpaired) electrons. The SMILES string of the molecule is Cc1cc(OC2CCOCC2)cc(C)c1-c1cccc(COc2cnc([C@@H]3C[C@H]3C(=O)O)cn2)c1. The molecule has 2 aliphatic rings. The Labute approximate surface area is 205 Å². The fourth-order valence-corrected chi connectivity index (χ4v) is 4.79. The molecule has 5 rings (SSSR count). The van der Waals surface area contributed by atoms with Gasteiger partial charge in [0.25, 0.3) is 0 Å². The second-order valence-electron chi connectivity index (χ2n) is 9.42. The van der Waals surface area contributed by atoms with E-state index in [4.69, 9.17) is 19.3 Å². The normalized spacial score (nSPS) is 19.8. The average Bonchev–Trinajstić information content (AvgIpc) is 3.65. The van der Waals surface area contributed by atoms with Gasteiger partial charge < -0.3 is 19.3 Å². The Morgan fingerprint density at radius 1 is 1.09 bits per heavy atom. The molecule has 0 unspecified atom stereocenters. The van der Waals surface area contributed by atoms with Crippen molar-refractivity contribution in [3.63, 3.8) is 0 Å². The van der Waals surface area contributed by atoms with Gasteiger partial charge in [-0.1, -0.05) is 18.2 Å². The molecule has 1 aromatic heterocycles. The van der Waals surface area contributed by atoms with Crippen LogP contribution < -0.4 is 9.47 Å². The van der Waals surface area contributed by atoms with E-state index >= 15 is 0 Å². The number of hydrogen-bond acceptors (Lipinski definition) is 6. The first-order valence-corrected chi connectivity index (χ1v) is 12.1. The molecule has 7 heteroatoms. The van der Waals surface area contributed by atoms with Gasteiger partial charge >= 0.3 is 5.97 Å². The zero-order valence-electron chi connectivity index (χ0n) is 20.1. The molecule has 1 aliphatic carbocycles. The summed E-state index contributed by atoms with van der Waals surface area (Å²) in [6.07, 6.45) is 5.89. The average molecular weight is 475 g/mol. The van der Waals surface area contributed by atoms with E-state index in [0.29, 0.717) is 24.6 Å². The maximum atomic E-state index is 11.1. The van der Waals surface area contributed by atoms with Gasteiger partial charge in [0.05, 0.1) is 37.2 Å². The lowest BCUT2D eigenvalue weighted by molar-refractivity contribution is -0.138. The van der Waals surface area contributed by atoms with Crippen LogP contribution in [0.1, 0.15) is 47.6 Å². The number of aromatic nitrogens is 2. The van der Waals surface area contributed by atoms with Gasteiger partial charge in [-0.25, -0.2) is 4.98 Å². The van der Waals surface area contributed by atoms with Crippen molar-refractivity contribution < 1.29 is 24.1 Å². The highest BCUT2D eigenvalue weighted by molar-refractivity contribution is 5.75. The van der Waals surface area contributed by atoms with E-state index in [1.165, 1.54) is 16.7 Å². The predicted molar refractivity (Wildman–Crippen MR) is 131 cm³/mol. The number of nitrogens with zero attached hydrogens (tertiary/aromatic N) is 2. The van der Waals surface area contributed by atoms with E-state index in [1.807, 2.05) is 12.1 Å². The molecule has 2 fully saturated rings. The Bertz CT molecular complexity index is 1180. The number of aryl methyl sites for hydroxylation is 2. The number of aliphatic carboxylic acids is 1. The third kappa shape index (κ3) is 5.46. The van der Waals surface area contributed by atoms with Crippen molar-refractivity contribution in [2.75, 3.05) is 13.2 Å². The first-order valence-electron chi connectivity index (χ1n) is 12.1. The van der Waals surface area contributed by atoms with E-state index in [1.54, 1.807) is 12.4 Å². The van der Waals surface area contributed by atoms with Crippen LogP contribution in [0.25, 0.3) is 11.1 Å². The smallest absolute Gasteiger partial charge is 0.307 e. The fourth-order valence-electron chi connectivity index (χ4n) is 4.79. The summed E-state index contributed by atoms with van der Waals surface area (Å²) in [5.41, 5.74) is 6.42. The molecule has 0 spiro atoms. The number of hydrogen-bond donors (Lipinski definition) is 1. The molecule has 1 saturated carbocycles. The van der Waals surface area contributed by atoms with Gasteiger partial charge in [0, 0.05) is 18.8 Å². The summed E-state index contributed by atoms with van der Waals surface area (Å²) in [7, 11) is 0. The molecule has 35 heavy (non-hydrogen) atoms. The lowest BCUT2D eigenvalue weighted by Gasteiger charge is -2.24. The standard InChI is InChI=1S/C28H30N2O5/c1-17-10-22(35-21-6-8-33-9-7-21)11-18(2)27(17)20-5-3-4-19(12-20)16-34-26-15-29-25(14-30-26)23-13-24(23)28(31)32/h3-5,10-12,14-15,21,23-24H,6-9,13,16H2,1-2H3,(H,31,32)/t23-,24-/m1/s1. The summed E-state index contributed by atoms with van der Waals surface area (Å²) >= 11 is 0. The molecule has 1 saturated heterocycles. The fraction of sp³-hybridized carbons (Fsp3) is 0.393. The van der Waals surface area contributed by atoms with Gasteiger partial charge in [-0.05, 0) is 66.3 Å². The third-order valence-corrected chi connectivity index (χ3v) is 6.72. The number of ether oxygens (including phenoxy) is 3. The van der Waals surface area contributed by atoms with Gasteiger partial charge in [-0.15, -0.1) is 0 Å². The summed E-state index contributed by atoms with van der Waals surface area (Å²) in [6.45, 7) is 6.13. The second-order valence-corrected chi connectivity index (χ2v) is 9.42. The molecule has 2 atom stereocenters. The Hall–Kier alpha value is -3.45. The summed E-state index contributed by atoms with van der Waals surface area (Å²) in [6, 6.07) is 12.5. The maximum Gasteiger partial charge on any atom is 0.307 e. The van der Waals surface area contributed by atoms with Crippen molar-refractivity contribution in [3.05, 3.63) is 71.2 Å². The van der Waals surface area contributed by atoms with Crippen molar-refractivity contribution in [1.29, 1.82) is 0 Å². The molecule has 7 nitrogen and oxygen atoms in total. The summed E-state index contributed by atoms with van der Waals surface area (Å²) in [5, 5.41) is 9.09. The van der Waals surface area contributed by atoms with E-state index in [0.717, 1.165) is 42.9 Å². The van der Waals surface area contributed by atoms with E-state index < -0.39 is 5.97 Å². The van der Waals surface area contributed by atoms with Gasteiger partial charge in [-0.2, -0.15) is 0 Å². The zero-order chi connectivity index (χ0) is 24.4. The van der Waals surface area contributed by atoms with Crippen LogP contribution in [0.5, 0.6) is 11.6 Å². The van der Waals surface area contributed by atoms with Gasteiger partial charge in [0.15, 0.2) is 0 Å². The topological polar surface area (TPSA) is 90.8 Å². The summed E-state index contributed by atoms with van der Waals surface area (Å²) in [5.74, 6) is 0.189. The maximum absolute atomic E-state index is 11.1. The molecular weight excluding hydrogens is 444 g/mol. The number of carboxylic acids is 1. The van der Waals surface area contributed by atoms with Crippen molar-refractivity contribution in [2.24, 2.45) is 5.92 Å². The monoisotopic (exact) mass is 474 g/mol. The van der Waals surface area contributed by atoms with Crippen molar-refractivity contribution in [1.82, 2.24) is 9.97 Å². The predicted octanol–water partition coefficient (Wildman–Crippen LogP) is 5.09. The van der Waals surface area contributed by atoms with Crippen LogP contribution in [0.2, 0.25) is 0 Å². The van der Waals surface area contributed by atoms with Crippen LogP contribution in [-0.2, 0) is 16.1 Å². The van der Waals surface area contributed by atoms with Crippen LogP contribution in [0.15, 0.2) is 48.8 Å². The van der Waals surface area contributed by atoms with Crippen molar-refractivity contribution in [3.8, 4) is 22.8 Å². The highest BCUT2D eigenvalue weighted by Crippen LogP contribution is 2.46. The molecule has 2 heterocycles. The van der Waals surface area contributed by atoms with Crippen LogP contribution in [0, 0.1) is 19.8 Å². The lowest BCUT2D eigenvalue weighted by Crippen LogP contribution is -2.25. The number of rotatable bonds is 8. The molecule has 1 N–H and O–H groups in total. The highest BCUT2D eigenvalue weighted by atomic mass is 16.5. The van der Waals surface area contributed by atoms with Crippen LogP contribution in [-0.4, -0.2) is 40.4 Å². The first kappa shape index (κ1) is 23.3. The first-order chi connectivity index (χ1) is 17.0. The minimum atomic E-state index is -0.774. The lowest BCUT2D eigenvalue weighted by atomic mass is 9.94. The van der Waals surface area contributed by atoms with Gasteiger partial charge in [-0.3, -0.25) is 9.78 Å². The Kier molecular flexibility index (Phi) is 6.68. The molecule has 0 bridgehead atoms. The van der Waals surface area contributed by atoms with E-state index in [-0.39, 0.29) is 17.9 Å². The second kappa shape index (κ2) is 10.0. The number of carboxylic acid groups (broad SMARTS) is 1. The molecular formula is C28H30N2O5. The van der Waals surface area contributed by atoms with E-state index in [9.17, 15) is 4.79 Å². The van der Waals surface area contributed by atoms with Crippen molar-refractivity contribution >= 4 is 5.97 Å². The largest absolute Gasteiger partial charge is 0.490 e. The quantitative estimate of drug-likeness (QED) is 0.486. The molecule has 2 aromatic carbocycles. The Morgan fingerprint density at radius 2 is 1.86 bits per heavy atom. The Balaban J connectivity index is 1.24. The Morgan fingerprint density at radius 3 is 2.51 bits per heavy atom. The highest BCUT2D eigenvalue weighted by Gasteiger charge is 2.45. The third-order valence-electron chi connectivity index (χ3n) is 6.72. The summed E-state index contributed by atoms with van der Waals surface area (Å²) < 4.78 is 17.5. The minimum absolute atomic E-state index is 0.0364. The van der Waals surface area contributed by atoms with Crippen LogP contribution in [0.4, 0.5) is 0 Å². The molecule has 1 aliphatic heterocycles. The zero-order valence-corrected chi connectivity index (χ0v) is 20.1. The van der Waals surface area contributed by atoms with Crippen LogP contribution >= 0.6 is 0 Å². The summed E-state index contributed by atoms with van der Waals surface area (Å²) in [4.78, 5) is 19.7. The van der Waals surface area contributed by atoms with Crippen molar-refractivity contribution in [2.45, 2.75) is 51.7 Å². The molecule has 3 aromatic rings. The van der Waals surface area contributed by atoms with Gasteiger partial charge in [0.2, 0.25) is 5.88 Å².